The lowest BCUT2D eigenvalue weighted by Crippen LogP contribution is -2.49. The molecule has 184 valence electrons. The molecule has 0 N–H and O–H groups in total. The van der Waals surface area contributed by atoms with Crippen LogP contribution >= 0.6 is 11.6 Å². The van der Waals surface area contributed by atoms with Crippen LogP contribution in [0.15, 0.2) is 60.8 Å². The van der Waals surface area contributed by atoms with Gasteiger partial charge in [0.1, 0.15) is 17.3 Å². The summed E-state index contributed by atoms with van der Waals surface area (Å²) in [6.45, 7) is 2.24. The second-order valence-corrected chi connectivity index (χ2v) is 8.19. The van der Waals surface area contributed by atoms with Crippen LogP contribution in [0.1, 0.15) is 11.1 Å². The number of alkyl halides is 3. The Morgan fingerprint density at radius 1 is 0.971 bits per heavy atom. The Bertz CT molecular complexity index is 1150. The Hall–Kier alpha value is -3.37. The molecule has 0 atom stereocenters. The summed E-state index contributed by atoms with van der Waals surface area (Å²) in [6.07, 6.45) is -4.31. The lowest BCUT2D eigenvalue weighted by molar-refractivity contribution is -0.137. The van der Waals surface area contributed by atoms with Gasteiger partial charge in [0.2, 0.25) is 5.88 Å². The average Bonchev–Trinajstić information content (AvgIpc) is 2.83. The first-order valence-electron chi connectivity index (χ1n) is 10.6. The number of hydrogen-bond donors (Lipinski definition) is 0. The van der Waals surface area contributed by atoms with Gasteiger partial charge in [0.05, 0.1) is 5.56 Å². The Labute approximate surface area is 203 Å². The average molecular weight is 510 g/mol. The molecule has 0 radical (unpaired) electrons. The number of amides is 1. The summed E-state index contributed by atoms with van der Waals surface area (Å²) in [7, 11) is 0. The van der Waals surface area contributed by atoms with Gasteiger partial charge in [-0.3, -0.25) is 4.90 Å². The van der Waals surface area contributed by atoms with Crippen molar-refractivity contribution >= 4 is 17.7 Å². The number of benzene rings is 2. The lowest BCUT2D eigenvalue weighted by atomic mass is 10.2. The van der Waals surface area contributed by atoms with Crippen LogP contribution in [0.5, 0.6) is 17.4 Å². The van der Waals surface area contributed by atoms with Crippen LogP contribution in [0.25, 0.3) is 0 Å². The van der Waals surface area contributed by atoms with Crippen molar-refractivity contribution in [3.63, 3.8) is 0 Å². The van der Waals surface area contributed by atoms with Crippen molar-refractivity contribution in [1.82, 2.24) is 14.8 Å². The molecule has 1 aromatic heterocycles. The number of halogens is 5. The maximum atomic E-state index is 14.0. The van der Waals surface area contributed by atoms with E-state index in [4.69, 9.17) is 21.1 Å². The molecule has 1 aliphatic rings. The molecule has 6 nitrogen and oxygen atoms in total. The van der Waals surface area contributed by atoms with Gasteiger partial charge in [-0.15, -0.1) is 0 Å². The van der Waals surface area contributed by atoms with Crippen LogP contribution in [0.2, 0.25) is 5.02 Å². The molecule has 0 saturated carbocycles. The molecule has 0 bridgehead atoms. The van der Waals surface area contributed by atoms with Crippen molar-refractivity contribution in [2.45, 2.75) is 12.7 Å². The van der Waals surface area contributed by atoms with Crippen molar-refractivity contribution < 1.29 is 31.8 Å². The molecule has 1 fully saturated rings. The topological polar surface area (TPSA) is 54.9 Å². The minimum Gasteiger partial charge on any atom is -0.439 e. The van der Waals surface area contributed by atoms with E-state index >= 15 is 0 Å². The van der Waals surface area contributed by atoms with Crippen LogP contribution in [0.3, 0.4) is 0 Å². The van der Waals surface area contributed by atoms with E-state index in [-0.39, 0.29) is 17.4 Å². The van der Waals surface area contributed by atoms with E-state index in [0.717, 1.165) is 12.1 Å². The first-order valence-corrected chi connectivity index (χ1v) is 11.0. The van der Waals surface area contributed by atoms with Gasteiger partial charge in [0.25, 0.3) is 0 Å². The fourth-order valence-corrected chi connectivity index (χ4v) is 3.69. The van der Waals surface area contributed by atoms with E-state index in [2.05, 4.69) is 4.98 Å². The third-order valence-electron chi connectivity index (χ3n) is 5.39. The highest BCUT2D eigenvalue weighted by atomic mass is 35.5. The Morgan fingerprint density at radius 2 is 1.66 bits per heavy atom. The maximum absolute atomic E-state index is 14.0. The monoisotopic (exact) mass is 509 g/mol. The molecule has 35 heavy (non-hydrogen) atoms. The van der Waals surface area contributed by atoms with E-state index in [1.54, 1.807) is 17.0 Å². The Morgan fingerprint density at radius 3 is 2.26 bits per heavy atom. The zero-order chi connectivity index (χ0) is 25.0. The molecule has 0 aliphatic carbocycles. The highest BCUT2D eigenvalue weighted by Gasteiger charge is 2.30. The summed E-state index contributed by atoms with van der Waals surface area (Å²) >= 11 is 6.09. The van der Waals surface area contributed by atoms with Gasteiger partial charge in [-0.2, -0.15) is 13.2 Å². The zero-order valence-corrected chi connectivity index (χ0v) is 19.0. The van der Waals surface area contributed by atoms with Crippen LogP contribution in [0, 0.1) is 5.82 Å². The first-order chi connectivity index (χ1) is 16.7. The summed E-state index contributed by atoms with van der Waals surface area (Å²) in [5.41, 5.74) is -0.442. The normalized spacial score (nSPS) is 14.6. The summed E-state index contributed by atoms with van der Waals surface area (Å²) in [5, 5.41) is 0.369. The van der Waals surface area contributed by atoms with Crippen molar-refractivity contribution in [2.75, 3.05) is 26.2 Å². The van der Waals surface area contributed by atoms with E-state index in [0.29, 0.717) is 55.3 Å². The molecule has 3 aromatic rings. The van der Waals surface area contributed by atoms with Crippen molar-refractivity contribution in [1.29, 1.82) is 0 Å². The number of ether oxygens (including phenoxy) is 2. The largest absolute Gasteiger partial charge is 0.439 e. The van der Waals surface area contributed by atoms with Gasteiger partial charge >= 0.3 is 12.3 Å². The predicted molar refractivity (Wildman–Crippen MR) is 120 cm³/mol. The number of piperazine rings is 1. The number of pyridine rings is 1. The molecule has 2 aromatic carbocycles. The molecular weight excluding hydrogens is 490 g/mol. The fraction of sp³-hybridized carbons (Fsp3) is 0.250. The Kier molecular flexibility index (Phi) is 7.42. The van der Waals surface area contributed by atoms with Gasteiger partial charge in [-0.05, 0) is 42.5 Å². The zero-order valence-electron chi connectivity index (χ0n) is 18.3. The van der Waals surface area contributed by atoms with Gasteiger partial charge in [0, 0.05) is 55.6 Å². The van der Waals surface area contributed by atoms with Crippen LogP contribution in [-0.2, 0) is 12.7 Å². The van der Waals surface area contributed by atoms with E-state index < -0.39 is 17.8 Å². The quantitative estimate of drug-likeness (QED) is 0.395. The highest BCUT2D eigenvalue weighted by molar-refractivity contribution is 6.31. The predicted octanol–water partition coefficient (Wildman–Crippen LogP) is 6.00. The maximum Gasteiger partial charge on any atom is 0.417 e. The molecular formula is C24H20ClF4N3O3. The molecule has 1 amide bonds. The van der Waals surface area contributed by atoms with E-state index in [1.807, 2.05) is 4.90 Å². The number of hydrogen-bond acceptors (Lipinski definition) is 5. The summed E-state index contributed by atoms with van der Waals surface area (Å²) in [4.78, 5) is 19.7. The third kappa shape index (κ3) is 6.40. The SMILES string of the molecule is O=C(Oc1ccc(Oc2ccc(C(F)(F)F)cn2)cc1)N1CCN(Cc2c(F)cccc2Cl)CC1. The lowest BCUT2D eigenvalue weighted by Gasteiger charge is -2.34. The van der Waals surface area contributed by atoms with Crippen molar-refractivity contribution in [3.8, 4) is 17.4 Å². The molecule has 4 rings (SSSR count). The minimum absolute atomic E-state index is 0.00251. The second-order valence-electron chi connectivity index (χ2n) is 7.79. The fourth-order valence-electron chi connectivity index (χ4n) is 3.47. The van der Waals surface area contributed by atoms with Crippen LogP contribution < -0.4 is 9.47 Å². The second kappa shape index (κ2) is 10.5. The number of nitrogens with zero attached hydrogens (tertiary/aromatic N) is 3. The molecule has 0 spiro atoms. The van der Waals surface area contributed by atoms with E-state index in [9.17, 15) is 22.4 Å². The molecule has 11 heteroatoms. The smallest absolute Gasteiger partial charge is 0.417 e. The number of aromatic nitrogens is 1. The molecule has 0 unspecified atom stereocenters. The summed E-state index contributed by atoms with van der Waals surface area (Å²) in [5.74, 6) is 0.235. The molecule has 1 saturated heterocycles. The number of carbonyl (C=O) groups is 1. The molecule has 1 aliphatic heterocycles. The van der Waals surface area contributed by atoms with Gasteiger partial charge in [-0.25, -0.2) is 14.2 Å². The van der Waals surface area contributed by atoms with Crippen LogP contribution in [0.4, 0.5) is 22.4 Å². The summed E-state index contributed by atoms with van der Waals surface area (Å²) < 4.78 is 62.7. The van der Waals surface area contributed by atoms with Crippen molar-refractivity contribution in [3.05, 3.63) is 82.8 Å². The number of carbonyl (C=O) groups excluding carboxylic acids is 1. The van der Waals surface area contributed by atoms with Gasteiger partial charge < -0.3 is 14.4 Å². The number of rotatable bonds is 5. The third-order valence-corrected chi connectivity index (χ3v) is 5.74. The minimum atomic E-state index is -4.47. The first kappa shape index (κ1) is 24.7. The Balaban J connectivity index is 1.26. The van der Waals surface area contributed by atoms with Gasteiger partial charge in [-0.1, -0.05) is 17.7 Å². The molecule has 2 heterocycles. The highest BCUT2D eigenvalue weighted by Crippen LogP contribution is 2.30. The van der Waals surface area contributed by atoms with E-state index in [1.165, 1.54) is 30.3 Å². The standard InChI is InChI=1S/C24H20ClF4N3O3/c25-20-2-1-3-21(26)19(20)15-31-10-12-32(13-11-31)23(33)35-18-7-5-17(6-8-18)34-22-9-4-16(14-30-22)24(27,28)29/h1-9,14H,10-13,15H2. The van der Waals surface area contributed by atoms with Crippen LogP contribution in [-0.4, -0.2) is 47.1 Å². The van der Waals surface area contributed by atoms with Crippen molar-refractivity contribution in [2.24, 2.45) is 0 Å². The summed E-state index contributed by atoms with van der Waals surface area (Å²) in [6, 6.07) is 12.6. The van der Waals surface area contributed by atoms with Gasteiger partial charge in [0.15, 0.2) is 0 Å².